The highest BCUT2D eigenvalue weighted by molar-refractivity contribution is 6.13. The molecule has 1 unspecified atom stereocenters. The Morgan fingerprint density at radius 3 is 2.07 bits per heavy atom. The number of para-hydroxylation sites is 2. The minimum absolute atomic E-state index is 0.368. The average Bonchev–Trinajstić information content (AvgIpc) is 3.80. The lowest BCUT2D eigenvalue weighted by molar-refractivity contribution is 0.393. The molecule has 0 saturated heterocycles. The first-order valence-electron chi connectivity index (χ1n) is 19.8. The van der Waals surface area contributed by atoms with E-state index in [4.69, 9.17) is 14.1 Å². The highest BCUT2D eigenvalue weighted by Crippen LogP contribution is 2.63. The molecule has 3 heterocycles. The molecular formula is C53H36N2O2. The quantitative estimate of drug-likeness (QED) is 0.196. The summed E-state index contributed by atoms with van der Waals surface area (Å²) >= 11 is 0. The summed E-state index contributed by atoms with van der Waals surface area (Å²) in [5, 5.41) is 6.10. The van der Waals surface area contributed by atoms with E-state index in [0.717, 1.165) is 85.5 Å². The zero-order chi connectivity index (χ0) is 37.5. The predicted molar refractivity (Wildman–Crippen MR) is 230 cm³/mol. The molecule has 1 N–H and O–H groups in total. The summed E-state index contributed by atoms with van der Waals surface area (Å²) in [4.78, 5) is 5.44. The Kier molecular flexibility index (Phi) is 7.00. The van der Waals surface area contributed by atoms with Gasteiger partial charge in [0.25, 0.3) is 0 Å². The van der Waals surface area contributed by atoms with Crippen molar-refractivity contribution in [2.75, 3.05) is 0 Å². The van der Waals surface area contributed by atoms with Crippen molar-refractivity contribution in [3.8, 4) is 16.9 Å². The van der Waals surface area contributed by atoms with Gasteiger partial charge < -0.3 is 14.5 Å². The van der Waals surface area contributed by atoms with Gasteiger partial charge >= 0.3 is 0 Å². The maximum atomic E-state index is 7.14. The van der Waals surface area contributed by atoms with Crippen molar-refractivity contribution >= 4 is 38.9 Å². The number of hydrogen-bond acceptors (Lipinski definition) is 4. The van der Waals surface area contributed by atoms with E-state index in [1.165, 1.54) is 33.4 Å². The van der Waals surface area contributed by atoms with Gasteiger partial charge in [0.1, 0.15) is 28.8 Å². The first-order chi connectivity index (χ1) is 28.3. The fourth-order valence-electron chi connectivity index (χ4n) is 9.91. The fourth-order valence-corrected chi connectivity index (χ4v) is 9.91. The molecule has 0 amide bonds. The summed E-state index contributed by atoms with van der Waals surface area (Å²) in [6.07, 6.45) is 5.97. The van der Waals surface area contributed by atoms with Crippen LogP contribution in [0.1, 0.15) is 58.0 Å². The number of aliphatic imine (C=N–C) groups is 1. The van der Waals surface area contributed by atoms with Gasteiger partial charge in [-0.25, -0.2) is 0 Å². The second kappa shape index (κ2) is 12.4. The van der Waals surface area contributed by atoms with Crippen LogP contribution in [0.5, 0.6) is 5.75 Å². The van der Waals surface area contributed by atoms with Crippen molar-refractivity contribution in [3.63, 3.8) is 0 Å². The number of benzene rings is 7. The number of furan rings is 1. The lowest BCUT2D eigenvalue weighted by Gasteiger charge is -2.43. The van der Waals surface area contributed by atoms with E-state index in [2.05, 4.69) is 175 Å². The van der Waals surface area contributed by atoms with Gasteiger partial charge in [0.05, 0.1) is 11.1 Å². The Morgan fingerprint density at radius 1 is 0.579 bits per heavy atom. The highest BCUT2D eigenvalue weighted by atomic mass is 16.5. The molecule has 0 radical (unpaired) electrons. The molecule has 1 spiro atoms. The van der Waals surface area contributed by atoms with E-state index in [9.17, 15) is 0 Å². The third kappa shape index (κ3) is 4.71. The van der Waals surface area contributed by atoms with Crippen LogP contribution in [-0.4, -0.2) is 5.71 Å². The van der Waals surface area contributed by atoms with Crippen LogP contribution in [0.25, 0.3) is 44.3 Å². The van der Waals surface area contributed by atoms with Gasteiger partial charge in [-0.05, 0) is 82.1 Å². The van der Waals surface area contributed by atoms with E-state index in [1.807, 2.05) is 12.1 Å². The Balaban J connectivity index is 1.02. The lowest BCUT2D eigenvalue weighted by atomic mass is 9.63. The standard InChI is InChI=1S/C53H36N2O2/c1-2-15-33(16-3-1)46-32-47(34-29-30-39-38-20-8-12-27-48(38)56-50(39)31-34)55-52(54-46)41-21-5-4-17-35(41)40-22-14-26-45-51(40)57-49-28-13-11-25-44(49)53(45)42-23-9-6-18-36(42)37-19-7-10-24-43(37)53/h1-13,15-25,27-32,52,55H,14,26H2. The number of ether oxygens (including phenoxy) is 1. The number of fused-ring (bicyclic) bond motifs is 11. The molecular weight excluding hydrogens is 697 g/mol. The molecule has 1 aromatic heterocycles. The Morgan fingerprint density at radius 2 is 1.25 bits per heavy atom. The van der Waals surface area contributed by atoms with Gasteiger partial charge in [-0.15, -0.1) is 0 Å². The minimum atomic E-state index is -0.460. The van der Waals surface area contributed by atoms with E-state index >= 15 is 0 Å². The highest BCUT2D eigenvalue weighted by Gasteiger charge is 2.52. The zero-order valence-corrected chi connectivity index (χ0v) is 31.1. The molecule has 0 bridgehead atoms. The first kappa shape index (κ1) is 32.1. The summed E-state index contributed by atoms with van der Waals surface area (Å²) in [6, 6.07) is 60.5. The molecule has 270 valence electrons. The van der Waals surface area contributed by atoms with Crippen LogP contribution >= 0.6 is 0 Å². The van der Waals surface area contributed by atoms with Gasteiger partial charge in [0.15, 0.2) is 0 Å². The number of hydrogen-bond donors (Lipinski definition) is 1. The van der Waals surface area contributed by atoms with Gasteiger partial charge in [-0.2, -0.15) is 0 Å². The molecule has 2 aliphatic carbocycles. The summed E-state index contributed by atoms with van der Waals surface area (Å²) in [7, 11) is 0. The van der Waals surface area contributed by atoms with Crippen LogP contribution in [0.4, 0.5) is 0 Å². The van der Waals surface area contributed by atoms with Gasteiger partial charge in [0, 0.05) is 38.7 Å². The monoisotopic (exact) mass is 732 g/mol. The molecule has 0 saturated carbocycles. The third-order valence-corrected chi connectivity index (χ3v) is 12.3. The van der Waals surface area contributed by atoms with E-state index < -0.39 is 5.41 Å². The number of rotatable bonds is 4. The number of allylic oxidation sites excluding steroid dienone is 4. The van der Waals surface area contributed by atoms with E-state index in [0.29, 0.717) is 0 Å². The van der Waals surface area contributed by atoms with Gasteiger partial charge in [-0.3, -0.25) is 4.99 Å². The molecule has 7 aromatic carbocycles. The first-order valence-corrected chi connectivity index (χ1v) is 19.8. The Hall–Kier alpha value is -7.17. The third-order valence-electron chi connectivity index (χ3n) is 12.3. The summed E-state index contributed by atoms with van der Waals surface area (Å²) in [5.41, 5.74) is 16.4. The van der Waals surface area contributed by atoms with Crippen molar-refractivity contribution in [2.45, 2.75) is 24.4 Å². The van der Waals surface area contributed by atoms with Crippen LogP contribution in [0, 0.1) is 0 Å². The fraction of sp³-hybridized carbons (Fsp3) is 0.0755. The minimum Gasteiger partial charge on any atom is -0.456 e. The lowest BCUT2D eigenvalue weighted by Crippen LogP contribution is -2.36. The van der Waals surface area contributed by atoms with Crippen LogP contribution in [0.3, 0.4) is 0 Å². The molecule has 1 atom stereocenters. The Labute approximate surface area is 330 Å². The van der Waals surface area contributed by atoms with Crippen molar-refractivity contribution in [3.05, 3.63) is 232 Å². The number of nitrogens with zero attached hydrogens (tertiary/aromatic N) is 1. The van der Waals surface area contributed by atoms with Crippen molar-refractivity contribution in [1.29, 1.82) is 0 Å². The van der Waals surface area contributed by atoms with Crippen LogP contribution in [0.15, 0.2) is 203 Å². The second-order valence-electron chi connectivity index (χ2n) is 15.3. The summed E-state index contributed by atoms with van der Waals surface area (Å²) in [6.45, 7) is 0. The van der Waals surface area contributed by atoms with Crippen molar-refractivity contribution in [2.24, 2.45) is 4.99 Å². The van der Waals surface area contributed by atoms with Crippen LogP contribution in [-0.2, 0) is 5.41 Å². The zero-order valence-electron chi connectivity index (χ0n) is 31.1. The maximum Gasteiger partial charge on any atom is 0.146 e. The largest absolute Gasteiger partial charge is 0.456 e. The molecule has 4 nitrogen and oxygen atoms in total. The molecule has 2 aliphatic heterocycles. The molecule has 8 aromatic rings. The van der Waals surface area contributed by atoms with Crippen LogP contribution in [0.2, 0.25) is 0 Å². The second-order valence-corrected chi connectivity index (χ2v) is 15.3. The average molecular weight is 733 g/mol. The molecule has 57 heavy (non-hydrogen) atoms. The normalized spacial score (nSPS) is 17.5. The van der Waals surface area contributed by atoms with Gasteiger partial charge in [-0.1, -0.05) is 152 Å². The molecule has 0 fully saturated rings. The SMILES string of the molecule is C1=C(c2ccc3c(c2)oc2ccccc23)NC(c2ccccc2C2=CCCC3=C2Oc2ccccc2C32c3ccccc3-c3ccccc32)N=C1c1ccccc1. The topological polar surface area (TPSA) is 46.8 Å². The van der Waals surface area contributed by atoms with Crippen molar-refractivity contribution in [1.82, 2.24) is 5.32 Å². The van der Waals surface area contributed by atoms with Crippen LogP contribution < -0.4 is 10.1 Å². The van der Waals surface area contributed by atoms with Gasteiger partial charge in [0.2, 0.25) is 0 Å². The summed E-state index contributed by atoms with van der Waals surface area (Å²) in [5.74, 6) is 1.85. The van der Waals surface area contributed by atoms with Crippen molar-refractivity contribution < 1.29 is 9.15 Å². The molecule has 4 aliphatic rings. The molecule has 4 heteroatoms. The summed E-state index contributed by atoms with van der Waals surface area (Å²) < 4.78 is 13.5. The smallest absolute Gasteiger partial charge is 0.146 e. The van der Waals surface area contributed by atoms with E-state index in [-0.39, 0.29) is 6.17 Å². The predicted octanol–water partition coefficient (Wildman–Crippen LogP) is 12.6. The number of nitrogens with one attached hydrogen (secondary N) is 1. The molecule has 12 rings (SSSR count). The maximum absolute atomic E-state index is 7.14. The Bertz CT molecular complexity index is 3040. The van der Waals surface area contributed by atoms with E-state index in [1.54, 1.807) is 0 Å².